The summed E-state index contributed by atoms with van der Waals surface area (Å²) in [6.45, 7) is 9.84. The number of rotatable bonds is 9. The zero-order chi connectivity index (χ0) is 19.9. The van der Waals surface area contributed by atoms with Crippen molar-refractivity contribution in [2.24, 2.45) is 5.92 Å². The molecule has 0 unspecified atom stereocenters. The van der Waals surface area contributed by atoms with Crippen LogP contribution < -0.4 is 10.1 Å². The van der Waals surface area contributed by atoms with E-state index in [0.717, 1.165) is 13.1 Å². The molecular formula is C19H31N3O4S. The lowest BCUT2D eigenvalue weighted by atomic mass is 10.2. The minimum Gasteiger partial charge on any atom is -0.494 e. The van der Waals surface area contributed by atoms with Crippen LogP contribution in [0.1, 0.15) is 27.2 Å². The average Bonchev–Trinajstić information content (AvgIpc) is 2.66. The van der Waals surface area contributed by atoms with Crippen molar-refractivity contribution in [1.82, 2.24) is 14.5 Å². The number of nitrogens with one attached hydrogen (secondary N) is 1. The van der Waals surface area contributed by atoms with Crippen LogP contribution in [0.15, 0.2) is 29.2 Å². The van der Waals surface area contributed by atoms with Gasteiger partial charge in [0.1, 0.15) is 5.75 Å². The van der Waals surface area contributed by atoms with Crippen LogP contribution in [-0.4, -0.2) is 69.4 Å². The summed E-state index contributed by atoms with van der Waals surface area (Å²) in [5.74, 6) is 0.810. The summed E-state index contributed by atoms with van der Waals surface area (Å²) in [4.78, 5) is 14.5. The Bertz CT molecular complexity index is 698. The van der Waals surface area contributed by atoms with E-state index in [0.29, 0.717) is 32.0 Å². The molecule has 1 amide bonds. The van der Waals surface area contributed by atoms with Crippen LogP contribution in [0.3, 0.4) is 0 Å². The molecule has 152 valence electrons. The third-order valence-electron chi connectivity index (χ3n) is 4.39. The molecule has 0 bridgehead atoms. The number of sulfonamides is 1. The van der Waals surface area contributed by atoms with Crippen LogP contribution in [0.4, 0.5) is 0 Å². The van der Waals surface area contributed by atoms with E-state index in [1.807, 2.05) is 20.8 Å². The monoisotopic (exact) mass is 397 g/mol. The van der Waals surface area contributed by atoms with Crippen molar-refractivity contribution in [3.05, 3.63) is 24.3 Å². The topological polar surface area (TPSA) is 79.0 Å². The fourth-order valence-electron chi connectivity index (χ4n) is 3.03. The first kappa shape index (κ1) is 21.7. The Balaban J connectivity index is 2.09. The summed E-state index contributed by atoms with van der Waals surface area (Å²) >= 11 is 0. The highest BCUT2D eigenvalue weighted by molar-refractivity contribution is 7.89. The van der Waals surface area contributed by atoms with Crippen LogP contribution in [0.5, 0.6) is 5.75 Å². The minimum absolute atomic E-state index is 0.00662. The average molecular weight is 398 g/mol. The third-order valence-corrected chi connectivity index (χ3v) is 6.27. The standard InChI is InChI=1S/C19H31N3O4S/c1-4-26-17-5-7-18(8-6-17)27(24,25)22(15-16(2)3)12-9-19(23)21-13-10-20-11-14-21/h5-8,16,20H,4,9-15H2,1-3H3. The van der Waals surface area contributed by atoms with Crippen LogP contribution in [0, 0.1) is 5.92 Å². The van der Waals surface area contributed by atoms with E-state index < -0.39 is 10.0 Å². The Morgan fingerprint density at radius 3 is 2.41 bits per heavy atom. The quantitative estimate of drug-likeness (QED) is 0.684. The van der Waals surface area contributed by atoms with Gasteiger partial charge < -0.3 is 15.0 Å². The first-order chi connectivity index (χ1) is 12.8. The molecule has 1 heterocycles. The maximum atomic E-state index is 13.1. The number of carbonyl (C=O) groups is 1. The molecule has 1 saturated heterocycles. The van der Waals surface area contributed by atoms with Gasteiger partial charge >= 0.3 is 0 Å². The number of amides is 1. The summed E-state index contributed by atoms with van der Waals surface area (Å²) in [7, 11) is -3.66. The Kier molecular flexibility index (Phi) is 8.07. The van der Waals surface area contributed by atoms with Gasteiger partial charge in [0.2, 0.25) is 15.9 Å². The maximum Gasteiger partial charge on any atom is 0.243 e. The number of ether oxygens (including phenoxy) is 1. The molecule has 2 rings (SSSR count). The number of nitrogens with zero attached hydrogens (tertiary/aromatic N) is 2. The molecule has 1 N–H and O–H groups in total. The Labute approximate surface area is 162 Å². The number of piperazine rings is 1. The van der Waals surface area contributed by atoms with E-state index in [1.54, 1.807) is 29.2 Å². The number of hydrogen-bond acceptors (Lipinski definition) is 5. The summed E-state index contributed by atoms with van der Waals surface area (Å²) in [6, 6.07) is 6.45. The number of hydrogen-bond donors (Lipinski definition) is 1. The Morgan fingerprint density at radius 1 is 1.22 bits per heavy atom. The molecule has 1 aliphatic heterocycles. The second-order valence-electron chi connectivity index (χ2n) is 7.04. The van der Waals surface area contributed by atoms with E-state index in [1.165, 1.54) is 4.31 Å². The molecule has 1 fully saturated rings. The van der Waals surface area contributed by atoms with Gasteiger partial charge in [-0.05, 0) is 37.1 Å². The summed E-state index contributed by atoms with van der Waals surface area (Å²) in [5.41, 5.74) is 0. The summed E-state index contributed by atoms with van der Waals surface area (Å²) in [5, 5.41) is 3.21. The zero-order valence-electron chi connectivity index (χ0n) is 16.5. The molecular weight excluding hydrogens is 366 g/mol. The van der Waals surface area contributed by atoms with Crippen LogP contribution >= 0.6 is 0 Å². The van der Waals surface area contributed by atoms with E-state index in [-0.39, 0.29) is 29.7 Å². The lowest BCUT2D eigenvalue weighted by Crippen LogP contribution is -2.47. The first-order valence-electron chi connectivity index (χ1n) is 9.56. The smallest absolute Gasteiger partial charge is 0.243 e. The first-order valence-corrected chi connectivity index (χ1v) is 11.0. The van der Waals surface area contributed by atoms with Gasteiger partial charge in [0.15, 0.2) is 0 Å². The number of carbonyl (C=O) groups excluding carboxylic acids is 1. The van der Waals surface area contributed by atoms with Gasteiger partial charge in [-0.25, -0.2) is 8.42 Å². The van der Waals surface area contributed by atoms with Crippen molar-refractivity contribution in [3.63, 3.8) is 0 Å². The molecule has 0 aromatic heterocycles. The van der Waals surface area contributed by atoms with Gasteiger partial charge in [-0.15, -0.1) is 0 Å². The predicted octanol–water partition coefficient (Wildman–Crippen LogP) is 1.55. The molecule has 0 aliphatic carbocycles. The van der Waals surface area contributed by atoms with Crippen molar-refractivity contribution >= 4 is 15.9 Å². The second kappa shape index (κ2) is 10.1. The molecule has 1 aliphatic rings. The maximum absolute atomic E-state index is 13.1. The van der Waals surface area contributed by atoms with Crippen molar-refractivity contribution in [2.45, 2.75) is 32.1 Å². The highest BCUT2D eigenvalue weighted by Crippen LogP contribution is 2.21. The Hall–Kier alpha value is -1.64. The Morgan fingerprint density at radius 2 is 1.85 bits per heavy atom. The van der Waals surface area contributed by atoms with Crippen molar-refractivity contribution in [2.75, 3.05) is 45.9 Å². The van der Waals surface area contributed by atoms with E-state index >= 15 is 0 Å². The summed E-state index contributed by atoms with van der Waals surface area (Å²) < 4.78 is 33.0. The highest BCUT2D eigenvalue weighted by Gasteiger charge is 2.27. The molecule has 0 radical (unpaired) electrons. The van der Waals surface area contributed by atoms with Crippen molar-refractivity contribution in [1.29, 1.82) is 0 Å². The van der Waals surface area contributed by atoms with E-state index in [4.69, 9.17) is 4.74 Å². The fraction of sp³-hybridized carbons (Fsp3) is 0.632. The largest absolute Gasteiger partial charge is 0.494 e. The molecule has 1 aromatic carbocycles. The zero-order valence-corrected chi connectivity index (χ0v) is 17.3. The lowest BCUT2D eigenvalue weighted by Gasteiger charge is -2.29. The van der Waals surface area contributed by atoms with Gasteiger partial charge in [-0.2, -0.15) is 4.31 Å². The van der Waals surface area contributed by atoms with Gasteiger partial charge in [-0.3, -0.25) is 4.79 Å². The molecule has 0 atom stereocenters. The van der Waals surface area contributed by atoms with Crippen molar-refractivity contribution in [3.8, 4) is 5.75 Å². The lowest BCUT2D eigenvalue weighted by molar-refractivity contribution is -0.131. The second-order valence-corrected chi connectivity index (χ2v) is 8.98. The summed E-state index contributed by atoms with van der Waals surface area (Å²) in [6.07, 6.45) is 0.197. The SMILES string of the molecule is CCOc1ccc(S(=O)(=O)N(CCC(=O)N2CCNCC2)CC(C)C)cc1. The van der Waals surface area contributed by atoms with Gasteiger partial charge in [0.05, 0.1) is 11.5 Å². The fourth-order valence-corrected chi connectivity index (χ4v) is 4.64. The highest BCUT2D eigenvalue weighted by atomic mass is 32.2. The van der Waals surface area contributed by atoms with Crippen LogP contribution in [0.25, 0.3) is 0 Å². The molecule has 7 nitrogen and oxygen atoms in total. The molecule has 0 saturated carbocycles. The van der Waals surface area contributed by atoms with Crippen LogP contribution in [0.2, 0.25) is 0 Å². The van der Waals surface area contributed by atoms with Gasteiger partial charge in [0.25, 0.3) is 0 Å². The van der Waals surface area contributed by atoms with Gasteiger partial charge in [-0.1, -0.05) is 13.8 Å². The minimum atomic E-state index is -3.66. The van der Waals surface area contributed by atoms with E-state index in [2.05, 4.69) is 5.32 Å². The normalized spacial score (nSPS) is 15.4. The van der Waals surface area contributed by atoms with Crippen molar-refractivity contribution < 1.29 is 17.9 Å². The molecule has 1 aromatic rings. The molecule has 8 heteroatoms. The molecule has 27 heavy (non-hydrogen) atoms. The predicted molar refractivity (Wildman–Crippen MR) is 105 cm³/mol. The van der Waals surface area contributed by atoms with Gasteiger partial charge in [0, 0.05) is 45.7 Å². The van der Waals surface area contributed by atoms with E-state index in [9.17, 15) is 13.2 Å². The van der Waals surface area contributed by atoms with Crippen LogP contribution in [-0.2, 0) is 14.8 Å². The number of benzene rings is 1. The molecule has 0 spiro atoms. The third kappa shape index (κ3) is 6.19.